The molecule has 2 aromatic carbocycles. The van der Waals surface area contributed by atoms with Crippen LogP contribution in [-0.4, -0.2) is 5.91 Å². The molecule has 1 atom stereocenters. The summed E-state index contributed by atoms with van der Waals surface area (Å²) in [6, 6.07) is 14.2. The number of carbonyl (C=O) groups is 1. The molecule has 1 aliphatic rings. The lowest BCUT2D eigenvalue weighted by Crippen LogP contribution is -2.14. The van der Waals surface area contributed by atoms with E-state index in [4.69, 9.17) is 5.73 Å². The first-order valence-corrected chi connectivity index (χ1v) is 8.16. The van der Waals surface area contributed by atoms with Gasteiger partial charge in [-0.1, -0.05) is 30.3 Å². The topological polar surface area (TPSA) is 55.1 Å². The summed E-state index contributed by atoms with van der Waals surface area (Å²) in [6.07, 6.45) is 2.40. The zero-order valence-corrected chi connectivity index (χ0v) is 13.8. The van der Waals surface area contributed by atoms with Gasteiger partial charge in [-0.2, -0.15) is 0 Å². The van der Waals surface area contributed by atoms with Crippen LogP contribution in [0.5, 0.6) is 0 Å². The van der Waals surface area contributed by atoms with Crippen LogP contribution in [0.3, 0.4) is 0 Å². The number of carbonyl (C=O) groups excluding carboxylic acids is 1. The van der Waals surface area contributed by atoms with Crippen molar-refractivity contribution < 1.29 is 4.79 Å². The number of rotatable bonds is 2. The number of nitrogens with one attached hydrogen (secondary N) is 1. The van der Waals surface area contributed by atoms with Crippen molar-refractivity contribution in [1.29, 1.82) is 0 Å². The van der Waals surface area contributed by atoms with Crippen molar-refractivity contribution in [2.24, 2.45) is 5.73 Å². The van der Waals surface area contributed by atoms with E-state index in [1.54, 1.807) is 0 Å². The van der Waals surface area contributed by atoms with E-state index in [9.17, 15) is 4.79 Å². The molecule has 0 aliphatic carbocycles. The Balaban J connectivity index is 1.95. The average molecular weight is 392 g/mol. The van der Waals surface area contributed by atoms with Crippen molar-refractivity contribution in [2.45, 2.75) is 25.3 Å². The minimum atomic E-state index is -0.137. The quantitative estimate of drug-likeness (QED) is 0.768. The molecule has 21 heavy (non-hydrogen) atoms. The molecule has 0 bridgehead atoms. The largest absolute Gasteiger partial charge is 0.326 e. The summed E-state index contributed by atoms with van der Waals surface area (Å²) in [6.45, 7) is 0. The molecule has 0 saturated carbocycles. The fourth-order valence-electron chi connectivity index (χ4n) is 2.69. The Bertz CT molecular complexity index is 684. The number of benzene rings is 2. The highest BCUT2D eigenvalue weighted by molar-refractivity contribution is 14.1. The summed E-state index contributed by atoms with van der Waals surface area (Å²) in [5.41, 5.74) is 10.8. The second-order valence-electron chi connectivity index (χ2n) is 5.32. The van der Waals surface area contributed by atoms with Crippen molar-refractivity contribution in [3.05, 3.63) is 62.7 Å². The van der Waals surface area contributed by atoms with Crippen molar-refractivity contribution in [2.75, 3.05) is 5.32 Å². The Hall–Kier alpha value is -1.40. The van der Waals surface area contributed by atoms with Crippen molar-refractivity contribution >= 4 is 34.2 Å². The van der Waals surface area contributed by atoms with Gasteiger partial charge in [-0.15, -0.1) is 0 Å². The molecule has 3 rings (SSSR count). The third kappa shape index (κ3) is 3.11. The maximum atomic E-state index is 11.6. The Morgan fingerprint density at radius 2 is 1.95 bits per heavy atom. The summed E-state index contributed by atoms with van der Waals surface area (Å²) < 4.78 is 1.17. The van der Waals surface area contributed by atoms with Crippen LogP contribution in [0, 0.1) is 3.57 Å². The second kappa shape index (κ2) is 6.15. The summed E-state index contributed by atoms with van der Waals surface area (Å²) in [7, 11) is 0. The van der Waals surface area contributed by atoms with E-state index in [0.29, 0.717) is 6.42 Å². The van der Waals surface area contributed by atoms with Gasteiger partial charge < -0.3 is 11.1 Å². The average Bonchev–Trinajstić information content (AvgIpc) is 2.67. The zero-order chi connectivity index (χ0) is 14.8. The van der Waals surface area contributed by atoms with Gasteiger partial charge in [0.15, 0.2) is 0 Å². The maximum absolute atomic E-state index is 11.6. The van der Waals surface area contributed by atoms with Crippen molar-refractivity contribution in [1.82, 2.24) is 0 Å². The number of aryl methyl sites for hydroxylation is 1. The number of halogens is 1. The standard InChI is InChI=1S/C17H17IN2O/c18-14-6-2-1-5-13(14)17(19)12-8-9-15-11(10-12)4-3-7-16(21)20-15/h1-2,5-6,8-10,17H,3-4,7,19H2,(H,20,21). The minimum Gasteiger partial charge on any atom is -0.326 e. The highest BCUT2D eigenvalue weighted by atomic mass is 127. The fraction of sp³-hybridized carbons (Fsp3) is 0.235. The monoisotopic (exact) mass is 392 g/mol. The lowest BCUT2D eigenvalue weighted by Gasteiger charge is -2.17. The summed E-state index contributed by atoms with van der Waals surface area (Å²) in [4.78, 5) is 11.6. The molecule has 2 aromatic rings. The van der Waals surface area contributed by atoms with Crippen LogP contribution in [0.25, 0.3) is 0 Å². The summed E-state index contributed by atoms with van der Waals surface area (Å²) in [5.74, 6) is 0.100. The highest BCUT2D eigenvalue weighted by Crippen LogP contribution is 2.29. The van der Waals surface area contributed by atoms with Crippen LogP contribution in [0.1, 0.15) is 35.6 Å². The van der Waals surface area contributed by atoms with E-state index in [-0.39, 0.29) is 11.9 Å². The van der Waals surface area contributed by atoms with E-state index < -0.39 is 0 Å². The van der Waals surface area contributed by atoms with Gasteiger partial charge in [0.05, 0.1) is 6.04 Å². The van der Waals surface area contributed by atoms with Gasteiger partial charge in [-0.25, -0.2) is 0 Å². The van der Waals surface area contributed by atoms with Crippen molar-refractivity contribution in [3.8, 4) is 0 Å². The van der Waals surface area contributed by atoms with Crippen LogP contribution in [0.4, 0.5) is 5.69 Å². The van der Waals surface area contributed by atoms with E-state index in [0.717, 1.165) is 29.7 Å². The summed E-state index contributed by atoms with van der Waals surface area (Å²) in [5, 5.41) is 2.96. The Morgan fingerprint density at radius 3 is 2.76 bits per heavy atom. The molecule has 0 aromatic heterocycles. The zero-order valence-electron chi connectivity index (χ0n) is 11.6. The Labute approximate surface area is 138 Å². The van der Waals surface area contributed by atoms with Gasteiger partial charge in [0.25, 0.3) is 0 Å². The van der Waals surface area contributed by atoms with Crippen LogP contribution in [0.2, 0.25) is 0 Å². The number of amides is 1. The molecule has 1 amide bonds. The first-order chi connectivity index (χ1) is 10.1. The van der Waals surface area contributed by atoms with Crippen LogP contribution >= 0.6 is 22.6 Å². The Morgan fingerprint density at radius 1 is 1.14 bits per heavy atom. The van der Waals surface area contributed by atoms with E-state index in [1.807, 2.05) is 24.3 Å². The lowest BCUT2D eigenvalue weighted by atomic mass is 9.96. The first kappa shape index (κ1) is 14.5. The molecule has 0 radical (unpaired) electrons. The molecular weight excluding hydrogens is 375 g/mol. The predicted molar refractivity (Wildman–Crippen MR) is 93.2 cm³/mol. The number of nitrogens with two attached hydrogens (primary N) is 1. The molecule has 4 heteroatoms. The first-order valence-electron chi connectivity index (χ1n) is 7.08. The third-order valence-electron chi connectivity index (χ3n) is 3.85. The van der Waals surface area contributed by atoms with Gasteiger partial charge in [0.1, 0.15) is 0 Å². The van der Waals surface area contributed by atoms with Gasteiger partial charge in [0.2, 0.25) is 5.91 Å². The Kier molecular flexibility index (Phi) is 4.26. The minimum absolute atomic E-state index is 0.100. The molecule has 0 spiro atoms. The van der Waals surface area contributed by atoms with E-state index >= 15 is 0 Å². The molecule has 1 aliphatic heterocycles. The number of fused-ring (bicyclic) bond motifs is 1. The smallest absolute Gasteiger partial charge is 0.224 e. The molecule has 1 heterocycles. The molecule has 1 unspecified atom stereocenters. The summed E-state index contributed by atoms with van der Waals surface area (Å²) >= 11 is 2.32. The molecule has 0 saturated heterocycles. The molecule has 3 nitrogen and oxygen atoms in total. The molecule has 0 fully saturated rings. The van der Waals surface area contributed by atoms with E-state index in [1.165, 1.54) is 9.13 Å². The lowest BCUT2D eigenvalue weighted by molar-refractivity contribution is -0.116. The van der Waals surface area contributed by atoms with Crippen molar-refractivity contribution in [3.63, 3.8) is 0 Å². The van der Waals surface area contributed by atoms with Gasteiger partial charge >= 0.3 is 0 Å². The number of anilines is 1. The third-order valence-corrected chi connectivity index (χ3v) is 4.84. The maximum Gasteiger partial charge on any atom is 0.224 e. The SMILES string of the molecule is NC(c1ccc2c(c1)CCCC(=O)N2)c1ccccc1I. The number of hydrogen-bond donors (Lipinski definition) is 2. The number of hydrogen-bond acceptors (Lipinski definition) is 2. The predicted octanol–water partition coefficient (Wildman–Crippen LogP) is 3.61. The van der Waals surface area contributed by atoms with Gasteiger partial charge in [-0.05, 0) is 64.3 Å². The normalized spacial score (nSPS) is 15.8. The molecular formula is C17H17IN2O. The second-order valence-corrected chi connectivity index (χ2v) is 6.48. The molecule has 108 valence electrons. The highest BCUT2D eigenvalue weighted by Gasteiger charge is 2.16. The van der Waals surface area contributed by atoms with Crippen LogP contribution < -0.4 is 11.1 Å². The fourth-order valence-corrected chi connectivity index (χ4v) is 3.42. The van der Waals surface area contributed by atoms with E-state index in [2.05, 4.69) is 46.1 Å². The van der Waals surface area contributed by atoms with Gasteiger partial charge in [-0.3, -0.25) is 4.79 Å². The van der Waals surface area contributed by atoms with Gasteiger partial charge in [0, 0.05) is 15.7 Å². The van der Waals surface area contributed by atoms with Crippen LogP contribution in [0.15, 0.2) is 42.5 Å². The van der Waals surface area contributed by atoms with Crippen LogP contribution in [-0.2, 0) is 11.2 Å². The molecule has 3 N–H and O–H groups in total.